The van der Waals surface area contributed by atoms with Crippen LogP contribution in [0.2, 0.25) is 0 Å². The van der Waals surface area contributed by atoms with Gasteiger partial charge in [-0.1, -0.05) is 0 Å². The molecule has 1 unspecified atom stereocenters. The number of carbonyl (C=O) groups excluding carboxylic acids is 2. The molecule has 0 amide bonds. The third-order valence-electron chi connectivity index (χ3n) is 2.89. The number of ether oxygens (including phenoxy) is 2. The lowest BCUT2D eigenvalue weighted by molar-refractivity contribution is -0.384. The second-order valence-corrected chi connectivity index (χ2v) is 4.09. The van der Waals surface area contributed by atoms with Crippen LogP contribution in [-0.4, -0.2) is 30.4 Å². The Labute approximate surface area is 108 Å². The van der Waals surface area contributed by atoms with E-state index < -0.39 is 16.8 Å². The van der Waals surface area contributed by atoms with E-state index in [0.29, 0.717) is 5.75 Å². The first-order valence-electron chi connectivity index (χ1n) is 5.55. The van der Waals surface area contributed by atoms with Crippen molar-refractivity contribution in [2.24, 2.45) is 5.92 Å². The van der Waals surface area contributed by atoms with Crippen LogP contribution >= 0.6 is 0 Å². The summed E-state index contributed by atoms with van der Waals surface area (Å²) in [5.74, 6) is -1.22. The lowest BCUT2D eigenvalue weighted by atomic mass is 9.92. The molecule has 1 aromatic rings. The minimum atomic E-state index is -0.665. The molecule has 0 N–H and O–H groups in total. The van der Waals surface area contributed by atoms with Crippen molar-refractivity contribution in [1.29, 1.82) is 0 Å². The molecule has 0 spiro atoms. The lowest BCUT2D eigenvalue weighted by Gasteiger charge is -2.23. The SMILES string of the molecule is COC(=O)CC1COc2ccc([N+](=O)[O-])cc2C1=O. The van der Waals surface area contributed by atoms with Crippen LogP contribution < -0.4 is 4.74 Å². The van der Waals surface area contributed by atoms with Crippen molar-refractivity contribution in [2.45, 2.75) is 6.42 Å². The van der Waals surface area contributed by atoms with Crippen LogP contribution in [0.1, 0.15) is 16.8 Å². The second kappa shape index (κ2) is 5.05. The molecule has 0 bridgehead atoms. The number of non-ortho nitro benzene ring substituents is 1. The number of nitro benzene ring substituents is 1. The van der Waals surface area contributed by atoms with Gasteiger partial charge in [0.1, 0.15) is 5.75 Å². The Morgan fingerprint density at radius 2 is 2.32 bits per heavy atom. The Hall–Kier alpha value is -2.44. The van der Waals surface area contributed by atoms with E-state index in [-0.39, 0.29) is 30.1 Å². The molecule has 1 aliphatic rings. The summed E-state index contributed by atoms with van der Waals surface area (Å²) in [6.07, 6.45) is -0.0997. The van der Waals surface area contributed by atoms with E-state index in [2.05, 4.69) is 4.74 Å². The third-order valence-corrected chi connectivity index (χ3v) is 2.89. The quantitative estimate of drug-likeness (QED) is 0.465. The van der Waals surface area contributed by atoms with Gasteiger partial charge in [-0.3, -0.25) is 19.7 Å². The van der Waals surface area contributed by atoms with Crippen molar-refractivity contribution in [3.05, 3.63) is 33.9 Å². The molecule has 0 fully saturated rings. The molecule has 19 heavy (non-hydrogen) atoms. The largest absolute Gasteiger partial charge is 0.492 e. The maximum Gasteiger partial charge on any atom is 0.306 e. The Morgan fingerprint density at radius 3 is 2.95 bits per heavy atom. The highest BCUT2D eigenvalue weighted by Gasteiger charge is 2.32. The summed E-state index contributed by atoms with van der Waals surface area (Å²) in [4.78, 5) is 33.4. The molecule has 0 radical (unpaired) electrons. The van der Waals surface area contributed by atoms with Crippen molar-refractivity contribution < 1.29 is 24.0 Å². The minimum Gasteiger partial charge on any atom is -0.492 e. The number of carbonyl (C=O) groups is 2. The monoisotopic (exact) mass is 265 g/mol. The molecule has 0 aromatic heterocycles. The molecule has 7 nitrogen and oxygen atoms in total. The molecule has 0 saturated heterocycles. The Balaban J connectivity index is 2.28. The Kier molecular flexibility index (Phi) is 3.46. The number of nitro groups is 1. The van der Waals surface area contributed by atoms with Gasteiger partial charge in [-0.05, 0) is 6.07 Å². The number of methoxy groups -OCH3 is 1. The van der Waals surface area contributed by atoms with Gasteiger partial charge in [0.2, 0.25) is 0 Å². The van der Waals surface area contributed by atoms with Crippen molar-refractivity contribution in [3.63, 3.8) is 0 Å². The fraction of sp³-hybridized carbons (Fsp3) is 0.333. The first kappa shape index (κ1) is 13.0. The van der Waals surface area contributed by atoms with Gasteiger partial charge >= 0.3 is 5.97 Å². The standard InChI is InChI=1S/C12H11NO6/c1-18-11(14)4-7-6-19-10-3-2-8(13(16)17)5-9(10)12(7)15/h2-3,5,7H,4,6H2,1H3. The van der Waals surface area contributed by atoms with Crippen molar-refractivity contribution in [1.82, 2.24) is 0 Å². The number of nitrogens with zero attached hydrogens (tertiary/aromatic N) is 1. The van der Waals surface area contributed by atoms with Crippen LogP contribution in [0, 0.1) is 16.0 Å². The maximum atomic E-state index is 12.1. The molecule has 100 valence electrons. The molecule has 0 aliphatic carbocycles. The molecule has 1 aromatic carbocycles. The molecule has 2 rings (SSSR count). The summed E-state index contributed by atoms with van der Waals surface area (Å²) in [5, 5.41) is 10.7. The number of fused-ring (bicyclic) bond motifs is 1. The number of benzene rings is 1. The van der Waals surface area contributed by atoms with Crippen LogP contribution in [0.3, 0.4) is 0 Å². The summed E-state index contributed by atoms with van der Waals surface area (Å²) in [7, 11) is 1.23. The zero-order valence-corrected chi connectivity index (χ0v) is 10.1. The summed E-state index contributed by atoms with van der Waals surface area (Å²) in [5.41, 5.74) is -0.0521. The van der Waals surface area contributed by atoms with Gasteiger partial charge in [-0.2, -0.15) is 0 Å². The Morgan fingerprint density at radius 1 is 1.58 bits per heavy atom. The summed E-state index contributed by atoms with van der Waals surface area (Å²) < 4.78 is 9.83. The van der Waals surface area contributed by atoms with E-state index in [9.17, 15) is 19.7 Å². The first-order valence-corrected chi connectivity index (χ1v) is 5.55. The number of hydrogen-bond acceptors (Lipinski definition) is 6. The zero-order valence-electron chi connectivity index (χ0n) is 10.1. The Bertz CT molecular complexity index is 553. The summed E-state index contributed by atoms with van der Waals surface area (Å²) in [6, 6.07) is 3.83. The minimum absolute atomic E-state index is 0.0682. The lowest BCUT2D eigenvalue weighted by Crippen LogP contribution is -2.30. The van der Waals surface area contributed by atoms with Crippen molar-refractivity contribution in [3.8, 4) is 5.75 Å². The first-order chi connectivity index (χ1) is 9.02. The fourth-order valence-corrected chi connectivity index (χ4v) is 1.87. The van der Waals surface area contributed by atoms with Crippen LogP contribution in [0.4, 0.5) is 5.69 Å². The van der Waals surface area contributed by atoms with E-state index in [1.54, 1.807) is 0 Å². The number of rotatable bonds is 3. The maximum absolute atomic E-state index is 12.1. The molecule has 1 heterocycles. The van der Waals surface area contributed by atoms with Crippen molar-refractivity contribution >= 4 is 17.4 Å². The van der Waals surface area contributed by atoms with Gasteiger partial charge in [0.05, 0.1) is 36.5 Å². The molecule has 1 aliphatic heterocycles. The van der Waals surface area contributed by atoms with E-state index in [4.69, 9.17) is 4.74 Å². The van der Waals surface area contributed by atoms with Crippen LogP contribution in [0.15, 0.2) is 18.2 Å². The number of hydrogen-bond donors (Lipinski definition) is 0. The smallest absolute Gasteiger partial charge is 0.306 e. The van der Waals surface area contributed by atoms with Gasteiger partial charge in [-0.25, -0.2) is 0 Å². The number of esters is 1. The highest BCUT2D eigenvalue weighted by atomic mass is 16.6. The highest BCUT2D eigenvalue weighted by molar-refractivity contribution is 6.03. The predicted octanol–water partition coefficient (Wildman–Crippen LogP) is 1.35. The van der Waals surface area contributed by atoms with Gasteiger partial charge in [0.15, 0.2) is 5.78 Å². The van der Waals surface area contributed by atoms with Gasteiger partial charge in [0.25, 0.3) is 5.69 Å². The van der Waals surface area contributed by atoms with E-state index in [0.717, 1.165) is 0 Å². The van der Waals surface area contributed by atoms with Gasteiger partial charge in [-0.15, -0.1) is 0 Å². The van der Waals surface area contributed by atoms with E-state index in [1.807, 2.05) is 0 Å². The predicted molar refractivity (Wildman–Crippen MR) is 63.0 cm³/mol. The average Bonchev–Trinajstić information content (AvgIpc) is 2.41. The van der Waals surface area contributed by atoms with E-state index >= 15 is 0 Å². The van der Waals surface area contributed by atoms with Crippen LogP contribution in [0.25, 0.3) is 0 Å². The number of ketones is 1. The molecule has 7 heteroatoms. The summed E-state index contributed by atoms with van der Waals surface area (Å²) >= 11 is 0. The third kappa shape index (κ3) is 2.54. The molecule has 1 atom stereocenters. The van der Waals surface area contributed by atoms with Crippen LogP contribution in [0.5, 0.6) is 5.75 Å². The fourth-order valence-electron chi connectivity index (χ4n) is 1.87. The van der Waals surface area contributed by atoms with Crippen LogP contribution in [-0.2, 0) is 9.53 Å². The summed E-state index contributed by atoms with van der Waals surface area (Å²) in [6.45, 7) is 0.0682. The van der Waals surface area contributed by atoms with Gasteiger partial charge in [0, 0.05) is 12.1 Å². The molecular weight excluding hydrogens is 254 g/mol. The average molecular weight is 265 g/mol. The van der Waals surface area contributed by atoms with Gasteiger partial charge < -0.3 is 9.47 Å². The van der Waals surface area contributed by atoms with E-state index in [1.165, 1.54) is 25.3 Å². The van der Waals surface area contributed by atoms with Crippen molar-refractivity contribution in [2.75, 3.05) is 13.7 Å². The normalized spacial score (nSPS) is 17.3. The molecule has 0 saturated carbocycles. The zero-order chi connectivity index (χ0) is 14.0. The number of Topliss-reactive ketones (excluding diaryl/α,β-unsaturated/α-hetero) is 1. The topological polar surface area (TPSA) is 95.7 Å². The highest BCUT2D eigenvalue weighted by Crippen LogP contribution is 2.31. The second-order valence-electron chi connectivity index (χ2n) is 4.09. The molecular formula is C12H11NO6.